The molecule has 0 saturated carbocycles. The van der Waals surface area contributed by atoms with Crippen LogP contribution in [-0.2, 0) is 24.8 Å². The predicted molar refractivity (Wildman–Crippen MR) is 122 cm³/mol. The average molecular weight is 472 g/mol. The Balaban J connectivity index is 1.34. The van der Waals surface area contributed by atoms with Crippen molar-refractivity contribution < 1.29 is 21.6 Å². The van der Waals surface area contributed by atoms with Crippen molar-refractivity contribution in [3.05, 3.63) is 60.7 Å². The first-order chi connectivity index (χ1) is 15.3. The first-order valence-electron chi connectivity index (χ1n) is 10.2. The highest BCUT2D eigenvalue weighted by molar-refractivity contribution is 7.93. The minimum Gasteiger partial charge on any atom is -0.325 e. The highest BCUT2D eigenvalue weighted by atomic mass is 32.2. The second kappa shape index (κ2) is 7.58. The van der Waals surface area contributed by atoms with E-state index in [9.17, 15) is 21.6 Å². The Kier molecular flexibility index (Phi) is 4.95. The molecule has 2 heterocycles. The molecule has 8 nitrogen and oxygen atoms in total. The number of nitrogens with one attached hydrogen (secondary N) is 1. The number of benzene rings is 3. The van der Waals surface area contributed by atoms with Gasteiger partial charge in [-0.05, 0) is 54.6 Å². The van der Waals surface area contributed by atoms with E-state index in [0.29, 0.717) is 29.9 Å². The van der Waals surface area contributed by atoms with E-state index in [1.54, 1.807) is 24.3 Å². The minimum absolute atomic E-state index is 0.168. The molecule has 0 unspecified atom stereocenters. The Morgan fingerprint density at radius 2 is 1.59 bits per heavy atom. The molecule has 0 atom stereocenters. The van der Waals surface area contributed by atoms with Crippen LogP contribution in [0.25, 0.3) is 10.8 Å². The van der Waals surface area contributed by atoms with Gasteiger partial charge in [0.15, 0.2) is 0 Å². The first-order valence-corrected chi connectivity index (χ1v) is 13.1. The van der Waals surface area contributed by atoms with Crippen LogP contribution in [0.2, 0.25) is 0 Å². The zero-order valence-corrected chi connectivity index (χ0v) is 18.7. The molecule has 0 radical (unpaired) electrons. The van der Waals surface area contributed by atoms with Gasteiger partial charge in [-0.25, -0.2) is 16.8 Å². The molecule has 0 spiro atoms. The zero-order chi connectivity index (χ0) is 22.5. The summed E-state index contributed by atoms with van der Waals surface area (Å²) in [5, 5.41) is 4.06. The summed E-state index contributed by atoms with van der Waals surface area (Å²) in [5.41, 5.74) is 0.864. The number of carbonyl (C=O) groups is 1. The van der Waals surface area contributed by atoms with E-state index in [2.05, 4.69) is 5.32 Å². The van der Waals surface area contributed by atoms with E-state index in [1.165, 1.54) is 28.6 Å². The molecule has 32 heavy (non-hydrogen) atoms. The summed E-state index contributed by atoms with van der Waals surface area (Å²) in [6.45, 7) is 0.643. The van der Waals surface area contributed by atoms with Crippen molar-refractivity contribution in [1.29, 1.82) is 0 Å². The lowest BCUT2D eigenvalue weighted by molar-refractivity contribution is -0.114. The molecule has 1 N–H and O–H groups in total. The van der Waals surface area contributed by atoms with Gasteiger partial charge in [0.1, 0.15) is 6.54 Å². The summed E-state index contributed by atoms with van der Waals surface area (Å²) in [6.07, 6.45) is 1.70. The van der Waals surface area contributed by atoms with Crippen molar-refractivity contribution in [2.45, 2.75) is 22.6 Å². The number of amides is 1. The summed E-state index contributed by atoms with van der Waals surface area (Å²) in [4.78, 5) is 13.0. The topological polar surface area (TPSA) is 104 Å². The van der Waals surface area contributed by atoms with E-state index in [4.69, 9.17) is 0 Å². The van der Waals surface area contributed by atoms with Crippen LogP contribution in [0.1, 0.15) is 12.8 Å². The molecule has 2 aliphatic heterocycles. The third-order valence-electron chi connectivity index (χ3n) is 5.81. The molecule has 3 aromatic carbocycles. The molecule has 3 aromatic rings. The van der Waals surface area contributed by atoms with Crippen molar-refractivity contribution in [1.82, 2.24) is 4.31 Å². The minimum atomic E-state index is -3.83. The van der Waals surface area contributed by atoms with Gasteiger partial charge < -0.3 is 5.32 Å². The molecule has 1 saturated heterocycles. The van der Waals surface area contributed by atoms with Gasteiger partial charge in [0, 0.05) is 24.2 Å². The van der Waals surface area contributed by atoms with Crippen LogP contribution < -0.4 is 9.62 Å². The Morgan fingerprint density at radius 3 is 2.28 bits per heavy atom. The largest absolute Gasteiger partial charge is 0.325 e. The SMILES string of the molecule is O=C(CN1c2cccc3cccc(c23)S1(=O)=O)Nc1ccc(S(=O)(=O)N2CCCC2)cc1. The summed E-state index contributed by atoms with van der Waals surface area (Å²) >= 11 is 0. The Hall–Kier alpha value is -2.95. The number of carbonyl (C=O) groups excluding carboxylic acids is 1. The quantitative estimate of drug-likeness (QED) is 0.616. The molecular weight excluding hydrogens is 450 g/mol. The van der Waals surface area contributed by atoms with Crippen LogP contribution in [0.4, 0.5) is 11.4 Å². The lowest BCUT2D eigenvalue weighted by Gasteiger charge is -2.18. The van der Waals surface area contributed by atoms with Crippen LogP contribution in [0.3, 0.4) is 0 Å². The summed E-state index contributed by atoms with van der Waals surface area (Å²) in [6, 6.07) is 16.2. The highest BCUT2D eigenvalue weighted by Gasteiger charge is 2.36. The van der Waals surface area contributed by atoms with E-state index in [1.807, 2.05) is 12.1 Å². The third kappa shape index (κ3) is 3.35. The van der Waals surface area contributed by atoms with E-state index in [-0.39, 0.29) is 16.3 Å². The maximum absolute atomic E-state index is 13.0. The first kappa shape index (κ1) is 20.9. The Bertz CT molecular complexity index is 1420. The van der Waals surface area contributed by atoms with Crippen LogP contribution in [0, 0.1) is 0 Å². The second-order valence-corrected chi connectivity index (χ2v) is 11.6. The molecule has 0 aromatic heterocycles. The van der Waals surface area contributed by atoms with Crippen LogP contribution in [-0.4, -0.2) is 46.7 Å². The fourth-order valence-electron chi connectivity index (χ4n) is 4.25. The summed E-state index contributed by atoms with van der Waals surface area (Å²) in [7, 11) is -7.37. The van der Waals surface area contributed by atoms with Crippen molar-refractivity contribution in [3.8, 4) is 0 Å². The normalized spacial score (nSPS) is 17.7. The van der Waals surface area contributed by atoms with Gasteiger partial charge in [-0.3, -0.25) is 9.10 Å². The number of hydrogen-bond donors (Lipinski definition) is 1. The standard InChI is InChI=1S/C22H21N3O5S2/c26-21(23-17-9-11-18(12-10-17)31(27,28)24-13-1-2-14-24)15-25-19-7-3-5-16-6-4-8-20(22(16)19)32(25,29)30/h3-12H,1-2,13-15H2,(H,23,26). The van der Waals surface area contributed by atoms with Gasteiger partial charge in [0.2, 0.25) is 15.9 Å². The molecular formula is C22H21N3O5S2. The third-order valence-corrected chi connectivity index (χ3v) is 9.52. The molecule has 0 bridgehead atoms. The van der Waals surface area contributed by atoms with Crippen LogP contribution >= 0.6 is 0 Å². The number of rotatable bonds is 5. The molecule has 5 rings (SSSR count). The summed E-state index contributed by atoms with van der Waals surface area (Å²) < 4.78 is 53.8. The molecule has 1 fully saturated rings. The van der Waals surface area contributed by atoms with Gasteiger partial charge in [-0.2, -0.15) is 4.31 Å². The van der Waals surface area contributed by atoms with Gasteiger partial charge in [0.25, 0.3) is 10.0 Å². The average Bonchev–Trinajstić information content (AvgIpc) is 3.39. The van der Waals surface area contributed by atoms with Crippen LogP contribution in [0.5, 0.6) is 0 Å². The van der Waals surface area contributed by atoms with Gasteiger partial charge in [0.05, 0.1) is 15.5 Å². The van der Waals surface area contributed by atoms with Gasteiger partial charge >= 0.3 is 0 Å². The van der Waals surface area contributed by atoms with Crippen molar-refractivity contribution in [2.24, 2.45) is 0 Å². The molecule has 166 valence electrons. The zero-order valence-electron chi connectivity index (χ0n) is 17.1. The van der Waals surface area contributed by atoms with E-state index in [0.717, 1.165) is 22.5 Å². The number of nitrogens with zero attached hydrogens (tertiary/aromatic N) is 2. The van der Waals surface area contributed by atoms with Crippen LogP contribution in [0.15, 0.2) is 70.5 Å². The van der Waals surface area contributed by atoms with Gasteiger partial charge in [-0.15, -0.1) is 0 Å². The van der Waals surface area contributed by atoms with Gasteiger partial charge in [-0.1, -0.05) is 24.3 Å². The second-order valence-electron chi connectivity index (χ2n) is 7.83. The fourth-order valence-corrected chi connectivity index (χ4v) is 7.43. The lowest BCUT2D eigenvalue weighted by Crippen LogP contribution is -2.35. The molecule has 1 amide bonds. The highest BCUT2D eigenvalue weighted by Crippen LogP contribution is 2.41. The van der Waals surface area contributed by atoms with E-state index >= 15 is 0 Å². The maximum atomic E-state index is 13.0. The number of anilines is 2. The van der Waals surface area contributed by atoms with Crippen molar-refractivity contribution in [3.63, 3.8) is 0 Å². The smallest absolute Gasteiger partial charge is 0.265 e. The fraction of sp³-hybridized carbons (Fsp3) is 0.227. The molecule has 10 heteroatoms. The maximum Gasteiger partial charge on any atom is 0.265 e. The Morgan fingerprint density at radius 1 is 0.938 bits per heavy atom. The monoisotopic (exact) mass is 471 g/mol. The number of hydrogen-bond acceptors (Lipinski definition) is 5. The molecule has 0 aliphatic carbocycles. The molecule has 2 aliphatic rings. The summed E-state index contributed by atoms with van der Waals surface area (Å²) in [5.74, 6) is -0.520. The Labute approximate surface area is 186 Å². The predicted octanol–water partition coefficient (Wildman–Crippen LogP) is 2.77. The van der Waals surface area contributed by atoms with Crippen molar-refractivity contribution >= 4 is 48.1 Å². The van der Waals surface area contributed by atoms with E-state index < -0.39 is 26.0 Å². The lowest BCUT2D eigenvalue weighted by atomic mass is 10.1. The number of sulfonamides is 2. The van der Waals surface area contributed by atoms with Crippen molar-refractivity contribution in [2.75, 3.05) is 29.3 Å².